The molecular weight excluding hydrogens is 294 g/mol. The summed E-state index contributed by atoms with van der Waals surface area (Å²) in [5.41, 5.74) is 0.796. The van der Waals surface area contributed by atoms with Gasteiger partial charge in [0.25, 0.3) is 5.91 Å². The zero-order chi connectivity index (χ0) is 15.1. The summed E-state index contributed by atoms with van der Waals surface area (Å²) < 4.78 is 10.3. The molecule has 0 bridgehead atoms. The van der Waals surface area contributed by atoms with Gasteiger partial charge in [0, 0.05) is 18.2 Å². The normalized spacial score (nSPS) is 17.5. The van der Waals surface area contributed by atoms with Crippen molar-refractivity contribution in [2.75, 3.05) is 19.8 Å². The van der Waals surface area contributed by atoms with Crippen LogP contribution in [0.4, 0.5) is 0 Å². The molecule has 0 spiro atoms. The molecule has 5 nitrogen and oxygen atoms in total. The van der Waals surface area contributed by atoms with Crippen molar-refractivity contribution in [3.63, 3.8) is 0 Å². The zero-order valence-electron chi connectivity index (χ0n) is 11.6. The molecule has 0 aromatic heterocycles. The summed E-state index contributed by atoms with van der Waals surface area (Å²) in [4.78, 5) is 23.1. The molecule has 0 aliphatic carbocycles. The quantitative estimate of drug-likeness (QED) is 0.813. The van der Waals surface area contributed by atoms with Gasteiger partial charge in [0.2, 0.25) is 0 Å². The Balaban J connectivity index is 1.63. The number of hydrogen-bond donors (Lipinski definition) is 1. The fourth-order valence-electron chi connectivity index (χ4n) is 2.05. The van der Waals surface area contributed by atoms with Gasteiger partial charge in [-0.05, 0) is 30.5 Å². The maximum Gasteiger partial charge on any atom is 0.310 e. The maximum atomic E-state index is 11.6. The van der Waals surface area contributed by atoms with Crippen LogP contribution in [0.1, 0.15) is 18.4 Å². The summed E-state index contributed by atoms with van der Waals surface area (Å²) in [6, 6.07) is 6.92. The van der Waals surface area contributed by atoms with Crippen molar-refractivity contribution in [3.05, 3.63) is 34.9 Å². The number of halogens is 1. The molecule has 21 heavy (non-hydrogen) atoms. The monoisotopic (exact) mass is 311 g/mol. The first-order valence-electron chi connectivity index (χ1n) is 6.92. The van der Waals surface area contributed by atoms with Gasteiger partial charge in [-0.3, -0.25) is 9.59 Å². The SMILES string of the molecule is O=C(COC(=O)Cc1ccc(Cl)cc1)NC[C@@H]1CCCO1. The molecule has 1 aromatic carbocycles. The highest BCUT2D eigenvalue weighted by atomic mass is 35.5. The van der Waals surface area contributed by atoms with Crippen molar-refractivity contribution in [1.29, 1.82) is 0 Å². The first-order valence-corrected chi connectivity index (χ1v) is 7.29. The first kappa shape index (κ1) is 15.8. The lowest BCUT2D eigenvalue weighted by Crippen LogP contribution is -2.35. The van der Waals surface area contributed by atoms with E-state index in [4.69, 9.17) is 21.1 Å². The molecule has 1 saturated heterocycles. The molecule has 2 rings (SSSR count). The summed E-state index contributed by atoms with van der Waals surface area (Å²) in [6.07, 6.45) is 2.18. The highest BCUT2D eigenvalue weighted by molar-refractivity contribution is 6.30. The average molecular weight is 312 g/mol. The highest BCUT2D eigenvalue weighted by Gasteiger charge is 2.16. The van der Waals surface area contributed by atoms with Crippen LogP contribution in [0.15, 0.2) is 24.3 Å². The number of carbonyl (C=O) groups excluding carboxylic acids is 2. The second-order valence-electron chi connectivity index (χ2n) is 4.90. The van der Waals surface area contributed by atoms with Gasteiger partial charge >= 0.3 is 5.97 Å². The molecule has 1 heterocycles. The van der Waals surface area contributed by atoms with Crippen molar-refractivity contribution >= 4 is 23.5 Å². The molecule has 0 unspecified atom stereocenters. The molecule has 1 fully saturated rings. The van der Waals surface area contributed by atoms with Crippen LogP contribution in [0.3, 0.4) is 0 Å². The molecule has 1 amide bonds. The van der Waals surface area contributed by atoms with Crippen LogP contribution >= 0.6 is 11.6 Å². The lowest BCUT2D eigenvalue weighted by atomic mass is 10.1. The Morgan fingerprint density at radius 1 is 1.33 bits per heavy atom. The van der Waals surface area contributed by atoms with Crippen molar-refractivity contribution < 1.29 is 19.1 Å². The van der Waals surface area contributed by atoms with E-state index >= 15 is 0 Å². The Labute approximate surface area is 128 Å². The van der Waals surface area contributed by atoms with E-state index in [0.29, 0.717) is 11.6 Å². The second kappa shape index (κ2) is 8.00. The van der Waals surface area contributed by atoms with Gasteiger partial charge in [-0.1, -0.05) is 23.7 Å². The summed E-state index contributed by atoms with van der Waals surface area (Å²) in [5.74, 6) is -0.750. The predicted molar refractivity (Wildman–Crippen MR) is 78.1 cm³/mol. The number of benzene rings is 1. The molecule has 114 valence electrons. The third-order valence-corrected chi connectivity index (χ3v) is 3.43. The van der Waals surface area contributed by atoms with Crippen LogP contribution in [-0.2, 0) is 25.5 Å². The van der Waals surface area contributed by atoms with E-state index in [-0.39, 0.29) is 25.0 Å². The number of ether oxygens (including phenoxy) is 2. The summed E-state index contributed by atoms with van der Waals surface area (Å²) >= 11 is 5.76. The van der Waals surface area contributed by atoms with E-state index in [1.165, 1.54) is 0 Å². The number of carbonyl (C=O) groups is 2. The number of esters is 1. The lowest BCUT2D eigenvalue weighted by molar-refractivity contribution is -0.148. The molecule has 6 heteroatoms. The fraction of sp³-hybridized carbons (Fsp3) is 0.467. The van der Waals surface area contributed by atoms with E-state index in [1.54, 1.807) is 24.3 Å². The van der Waals surface area contributed by atoms with Gasteiger partial charge in [0.05, 0.1) is 12.5 Å². The molecule has 0 saturated carbocycles. The third kappa shape index (κ3) is 5.73. The highest BCUT2D eigenvalue weighted by Crippen LogP contribution is 2.11. The molecule has 1 aromatic rings. The van der Waals surface area contributed by atoms with Gasteiger partial charge in [-0.25, -0.2) is 0 Å². The number of nitrogens with one attached hydrogen (secondary N) is 1. The molecule has 1 atom stereocenters. The molecule has 1 aliphatic rings. The predicted octanol–water partition coefficient (Wildman–Crippen LogP) is 1.72. The van der Waals surface area contributed by atoms with Crippen molar-refractivity contribution in [1.82, 2.24) is 5.32 Å². The smallest absolute Gasteiger partial charge is 0.310 e. The summed E-state index contributed by atoms with van der Waals surface area (Å²) in [5, 5.41) is 3.30. The van der Waals surface area contributed by atoms with Crippen LogP contribution in [-0.4, -0.2) is 37.7 Å². The van der Waals surface area contributed by atoms with E-state index in [1.807, 2.05) is 0 Å². The lowest BCUT2D eigenvalue weighted by Gasteiger charge is -2.11. The Kier molecular flexibility index (Phi) is 6.02. The molecular formula is C15H18ClNO4. The van der Waals surface area contributed by atoms with Crippen molar-refractivity contribution in [3.8, 4) is 0 Å². The molecule has 1 aliphatic heterocycles. The Morgan fingerprint density at radius 3 is 2.76 bits per heavy atom. The van der Waals surface area contributed by atoms with Gasteiger partial charge in [0.15, 0.2) is 6.61 Å². The topological polar surface area (TPSA) is 64.6 Å². The van der Waals surface area contributed by atoms with Gasteiger partial charge < -0.3 is 14.8 Å². The van der Waals surface area contributed by atoms with Gasteiger partial charge in [-0.15, -0.1) is 0 Å². The average Bonchev–Trinajstić information content (AvgIpc) is 2.99. The third-order valence-electron chi connectivity index (χ3n) is 3.18. The van der Waals surface area contributed by atoms with E-state index in [2.05, 4.69) is 5.32 Å². The van der Waals surface area contributed by atoms with Crippen molar-refractivity contribution in [2.24, 2.45) is 0 Å². The largest absolute Gasteiger partial charge is 0.455 e. The van der Waals surface area contributed by atoms with E-state index < -0.39 is 5.97 Å². The minimum absolute atomic E-state index is 0.0821. The number of amides is 1. The Morgan fingerprint density at radius 2 is 2.10 bits per heavy atom. The van der Waals surface area contributed by atoms with Crippen LogP contribution in [0.2, 0.25) is 5.02 Å². The van der Waals surface area contributed by atoms with Crippen molar-refractivity contribution in [2.45, 2.75) is 25.4 Å². The minimum Gasteiger partial charge on any atom is -0.455 e. The van der Waals surface area contributed by atoms with Crippen LogP contribution in [0.25, 0.3) is 0 Å². The number of hydrogen-bond acceptors (Lipinski definition) is 4. The second-order valence-corrected chi connectivity index (χ2v) is 5.34. The van der Waals surface area contributed by atoms with E-state index in [0.717, 1.165) is 25.0 Å². The fourth-order valence-corrected chi connectivity index (χ4v) is 2.18. The Bertz CT molecular complexity index is 483. The van der Waals surface area contributed by atoms with Crippen LogP contribution < -0.4 is 5.32 Å². The zero-order valence-corrected chi connectivity index (χ0v) is 12.4. The van der Waals surface area contributed by atoms with Gasteiger partial charge in [0.1, 0.15) is 0 Å². The van der Waals surface area contributed by atoms with E-state index in [9.17, 15) is 9.59 Å². The standard InChI is InChI=1S/C15H18ClNO4/c16-12-5-3-11(4-6-12)8-15(19)21-10-14(18)17-9-13-2-1-7-20-13/h3-6,13H,1-2,7-10H2,(H,17,18)/t13-/m0/s1. The Hall–Kier alpha value is -1.59. The molecule has 1 N–H and O–H groups in total. The van der Waals surface area contributed by atoms with Gasteiger partial charge in [-0.2, -0.15) is 0 Å². The summed E-state index contributed by atoms with van der Waals surface area (Å²) in [6.45, 7) is 0.948. The molecule has 0 radical (unpaired) electrons. The van der Waals surface area contributed by atoms with Crippen LogP contribution in [0.5, 0.6) is 0 Å². The van der Waals surface area contributed by atoms with Crippen LogP contribution in [0, 0.1) is 0 Å². The first-order chi connectivity index (χ1) is 10.1. The minimum atomic E-state index is -0.440. The summed E-state index contributed by atoms with van der Waals surface area (Å²) in [7, 11) is 0. The number of rotatable bonds is 6. The maximum absolute atomic E-state index is 11.6.